The third-order valence-electron chi connectivity index (χ3n) is 4.29. The van der Waals surface area contributed by atoms with Crippen molar-refractivity contribution in [2.75, 3.05) is 23.0 Å². The van der Waals surface area contributed by atoms with E-state index in [4.69, 9.17) is 9.81 Å². The van der Waals surface area contributed by atoms with Crippen LogP contribution in [-0.4, -0.2) is 51.5 Å². The molecule has 0 fully saturated rings. The molecule has 0 aliphatic rings. The molecule has 2 aromatic carbocycles. The van der Waals surface area contributed by atoms with Gasteiger partial charge in [0.15, 0.2) is 0 Å². The van der Waals surface area contributed by atoms with E-state index in [2.05, 4.69) is 9.37 Å². The van der Waals surface area contributed by atoms with E-state index in [0.29, 0.717) is 29.4 Å². The van der Waals surface area contributed by atoms with Crippen LogP contribution in [0.2, 0.25) is 0 Å². The zero-order valence-corrected chi connectivity index (χ0v) is 20.4. The molecule has 8 nitrogen and oxygen atoms in total. The fourth-order valence-corrected chi connectivity index (χ4v) is 5.88. The molecule has 2 aromatic rings. The van der Waals surface area contributed by atoms with Gasteiger partial charge in [-0.05, 0) is 59.7 Å². The Bertz CT molecular complexity index is 953. The van der Waals surface area contributed by atoms with Crippen molar-refractivity contribution in [3.63, 3.8) is 0 Å². The number of benzene rings is 2. The Hall–Kier alpha value is -1.12. The summed E-state index contributed by atoms with van der Waals surface area (Å²) < 4.78 is 34.7. The molecule has 2 rings (SSSR count). The summed E-state index contributed by atoms with van der Waals surface area (Å²) in [4.78, 5) is 0. The van der Waals surface area contributed by atoms with Crippen LogP contribution in [0.5, 0.6) is 11.5 Å². The second kappa shape index (κ2) is 14.2. The van der Waals surface area contributed by atoms with E-state index >= 15 is 0 Å². The van der Waals surface area contributed by atoms with Crippen LogP contribution in [0.3, 0.4) is 0 Å². The number of phenolic OH excluding ortho intramolecular Hbond substituents is 2. The zero-order valence-electron chi connectivity index (χ0n) is 17.2. The summed E-state index contributed by atoms with van der Waals surface area (Å²) in [5.74, 6) is 3.32. The third kappa shape index (κ3) is 10.2. The number of rotatable bonds is 15. The van der Waals surface area contributed by atoms with Crippen molar-refractivity contribution in [2.45, 2.75) is 24.3 Å². The first-order valence-corrected chi connectivity index (χ1v) is 14.5. The predicted molar refractivity (Wildman–Crippen MR) is 130 cm³/mol. The molecule has 0 aliphatic carbocycles. The first-order chi connectivity index (χ1) is 15.3. The molecule has 12 heteroatoms. The van der Waals surface area contributed by atoms with Gasteiger partial charge in [-0.25, -0.2) is 5.26 Å². The van der Waals surface area contributed by atoms with Gasteiger partial charge in [-0.15, -0.1) is 4.33 Å². The fraction of sp³-hybridized carbons (Fsp3) is 0.400. The number of aromatic hydroxyl groups is 2. The highest BCUT2D eigenvalue weighted by Crippen LogP contribution is 2.32. The van der Waals surface area contributed by atoms with E-state index in [9.17, 15) is 18.6 Å². The van der Waals surface area contributed by atoms with Crippen molar-refractivity contribution >= 4 is 45.7 Å². The maximum Gasteiger partial charge on any atom is 0.264 e. The molecule has 32 heavy (non-hydrogen) atoms. The molecule has 0 heterocycles. The Morgan fingerprint density at radius 2 is 1.34 bits per heavy atom. The summed E-state index contributed by atoms with van der Waals surface area (Å²) in [7, 11) is -3.95. The van der Waals surface area contributed by atoms with Crippen molar-refractivity contribution in [1.29, 1.82) is 0 Å². The molecule has 178 valence electrons. The lowest BCUT2D eigenvalue weighted by Crippen LogP contribution is -2.04. The maximum absolute atomic E-state index is 10.8. The van der Waals surface area contributed by atoms with Crippen LogP contribution >= 0.6 is 35.6 Å². The Labute approximate surface area is 200 Å². The van der Waals surface area contributed by atoms with Gasteiger partial charge in [0.2, 0.25) is 0 Å². The van der Waals surface area contributed by atoms with Gasteiger partial charge in [0, 0.05) is 40.4 Å². The predicted octanol–water partition coefficient (Wildman–Crippen LogP) is 4.97. The van der Waals surface area contributed by atoms with Crippen LogP contribution in [0.4, 0.5) is 0 Å². The van der Waals surface area contributed by atoms with E-state index in [-0.39, 0.29) is 17.3 Å². The summed E-state index contributed by atoms with van der Waals surface area (Å²) >= 11 is 4.17. The second-order valence-electron chi connectivity index (χ2n) is 6.75. The fourth-order valence-electron chi connectivity index (χ4n) is 2.74. The highest BCUT2D eigenvalue weighted by Gasteiger charge is 2.09. The smallest absolute Gasteiger partial charge is 0.264 e. The highest BCUT2D eigenvalue weighted by molar-refractivity contribution is 7.98. The maximum atomic E-state index is 10.8. The quantitative estimate of drug-likeness (QED) is 0.0830. The SMILES string of the molecule is O=S(=O)(O)CCCSCc1cc(-c2ccc(O)c(CSCCCSOOO)c2)ccc1O. The van der Waals surface area contributed by atoms with Gasteiger partial charge in [-0.2, -0.15) is 31.9 Å². The molecule has 0 radical (unpaired) electrons. The Morgan fingerprint density at radius 1 is 0.812 bits per heavy atom. The molecule has 0 aliphatic heterocycles. The molecule has 0 spiro atoms. The number of thioether (sulfide) groups is 2. The van der Waals surface area contributed by atoms with E-state index in [0.717, 1.165) is 46.5 Å². The summed E-state index contributed by atoms with van der Waals surface area (Å²) in [5, 5.41) is 31.9. The van der Waals surface area contributed by atoms with Crippen LogP contribution in [0, 0.1) is 0 Å². The Kier molecular flexibility index (Phi) is 12.0. The van der Waals surface area contributed by atoms with Crippen LogP contribution in [-0.2, 0) is 31.0 Å². The minimum absolute atomic E-state index is 0.166. The normalized spacial score (nSPS) is 11.7. The van der Waals surface area contributed by atoms with Gasteiger partial charge in [-0.3, -0.25) is 4.55 Å². The van der Waals surface area contributed by atoms with Gasteiger partial charge >= 0.3 is 0 Å². The number of phenols is 2. The molecule has 0 saturated carbocycles. The second-order valence-corrected chi connectivity index (χ2v) is 11.3. The monoisotopic (exact) mass is 522 g/mol. The Balaban J connectivity index is 1.94. The van der Waals surface area contributed by atoms with Crippen molar-refractivity contribution in [3.8, 4) is 22.6 Å². The largest absolute Gasteiger partial charge is 0.508 e. The van der Waals surface area contributed by atoms with E-state index in [1.54, 1.807) is 23.9 Å². The highest BCUT2D eigenvalue weighted by atomic mass is 32.2. The lowest BCUT2D eigenvalue weighted by Gasteiger charge is -2.11. The van der Waals surface area contributed by atoms with E-state index < -0.39 is 10.1 Å². The first kappa shape index (κ1) is 27.1. The van der Waals surface area contributed by atoms with Crippen LogP contribution in [0.15, 0.2) is 36.4 Å². The Morgan fingerprint density at radius 3 is 1.84 bits per heavy atom. The number of hydrogen-bond donors (Lipinski definition) is 4. The van der Waals surface area contributed by atoms with Gasteiger partial charge in [0.1, 0.15) is 11.5 Å². The van der Waals surface area contributed by atoms with Crippen molar-refractivity contribution in [2.24, 2.45) is 0 Å². The average molecular weight is 523 g/mol. The molecule has 4 N–H and O–H groups in total. The van der Waals surface area contributed by atoms with Crippen molar-refractivity contribution < 1.29 is 37.8 Å². The van der Waals surface area contributed by atoms with Crippen LogP contribution < -0.4 is 0 Å². The average Bonchev–Trinajstić information content (AvgIpc) is 2.74. The number of hydrogen-bond acceptors (Lipinski definition) is 10. The van der Waals surface area contributed by atoms with Gasteiger partial charge in [-0.1, -0.05) is 17.2 Å². The topological polar surface area (TPSA) is 134 Å². The molecule has 0 atom stereocenters. The lowest BCUT2D eigenvalue weighted by atomic mass is 10.0. The van der Waals surface area contributed by atoms with Gasteiger partial charge in [0.25, 0.3) is 10.1 Å². The lowest BCUT2D eigenvalue weighted by molar-refractivity contribution is -0.432. The minimum Gasteiger partial charge on any atom is -0.508 e. The zero-order chi connectivity index (χ0) is 23.4. The molecule has 0 saturated heterocycles. The summed E-state index contributed by atoms with van der Waals surface area (Å²) in [6.07, 6.45) is 1.19. The van der Waals surface area contributed by atoms with Crippen molar-refractivity contribution in [1.82, 2.24) is 0 Å². The van der Waals surface area contributed by atoms with E-state index in [1.165, 1.54) is 11.8 Å². The van der Waals surface area contributed by atoms with E-state index in [1.807, 2.05) is 24.3 Å². The first-order valence-electron chi connectivity index (χ1n) is 9.64. The molecule has 0 unspecified atom stereocenters. The molecular formula is C20H26O8S4. The summed E-state index contributed by atoms with van der Waals surface area (Å²) in [6.45, 7) is 0. The third-order valence-corrected chi connectivity index (χ3v) is 7.90. The minimum atomic E-state index is -3.95. The summed E-state index contributed by atoms with van der Waals surface area (Å²) in [5.41, 5.74) is 3.36. The van der Waals surface area contributed by atoms with Gasteiger partial charge in [0.05, 0.1) is 5.75 Å². The van der Waals surface area contributed by atoms with Crippen LogP contribution in [0.1, 0.15) is 24.0 Å². The molecule has 0 amide bonds. The standard InChI is InChI=1S/C20H26O8S4/c21-19-5-3-15(11-17(19)13-29-7-1-9-31-28-27-23)16-4-6-20(22)18(12-16)14-30-8-2-10-32(24,25)26/h3-6,11-12,21-23H,1-2,7-10,13-14H2,(H,24,25,26). The van der Waals surface area contributed by atoms with Gasteiger partial charge < -0.3 is 10.2 Å². The summed E-state index contributed by atoms with van der Waals surface area (Å²) in [6, 6.07) is 10.7. The molecule has 0 bridgehead atoms. The van der Waals surface area contributed by atoms with Crippen molar-refractivity contribution in [3.05, 3.63) is 47.5 Å². The van der Waals surface area contributed by atoms with Crippen LogP contribution in [0.25, 0.3) is 11.1 Å². The molecular weight excluding hydrogens is 496 g/mol. The molecule has 0 aromatic heterocycles.